The van der Waals surface area contributed by atoms with Crippen LogP contribution >= 0.6 is 11.8 Å². The Kier molecular flexibility index (Phi) is 2.03. The smallest absolute Gasteiger partial charge is 0.192 e. The van der Waals surface area contributed by atoms with Gasteiger partial charge in [0.2, 0.25) is 0 Å². The van der Waals surface area contributed by atoms with Gasteiger partial charge in [0.1, 0.15) is 0 Å². The van der Waals surface area contributed by atoms with Crippen molar-refractivity contribution >= 4 is 16.9 Å². The molecular weight excluding hydrogens is 168 g/mol. The van der Waals surface area contributed by atoms with Crippen molar-refractivity contribution in [2.45, 2.75) is 26.7 Å². The third-order valence-electron chi connectivity index (χ3n) is 3.13. The highest BCUT2D eigenvalue weighted by atomic mass is 32.2. The molecule has 0 aromatic carbocycles. The highest BCUT2D eigenvalue weighted by molar-refractivity contribution is 8.14. The van der Waals surface area contributed by atoms with Crippen molar-refractivity contribution in [1.82, 2.24) is 0 Å². The van der Waals surface area contributed by atoms with Gasteiger partial charge < -0.3 is 0 Å². The molecule has 2 atom stereocenters. The number of carbonyl (C=O) groups excluding carboxylic acids is 1. The summed E-state index contributed by atoms with van der Waals surface area (Å²) in [5, 5.41) is 0.437. The maximum Gasteiger partial charge on any atom is 0.192 e. The van der Waals surface area contributed by atoms with E-state index in [1.807, 2.05) is 0 Å². The summed E-state index contributed by atoms with van der Waals surface area (Å²) in [7, 11) is 0. The van der Waals surface area contributed by atoms with E-state index in [1.165, 1.54) is 11.1 Å². The third-order valence-corrected chi connectivity index (χ3v) is 4.32. The lowest BCUT2D eigenvalue weighted by Crippen LogP contribution is -2.20. The summed E-state index contributed by atoms with van der Waals surface area (Å²) >= 11 is 1.54. The zero-order chi connectivity index (χ0) is 8.72. The van der Waals surface area contributed by atoms with Gasteiger partial charge in [-0.15, -0.1) is 0 Å². The summed E-state index contributed by atoms with van der Waals surface area (Å²) in [5.74, 6) is 2.08. The van der Waals surface area contributed by atoms with E-state index in [2.05, 4.69) is 13.8 Å². The molecule has 1 nitrogen and oxygen atoms in total. The molecule has 2 heteroatoms. The molecule has 2 unspecified atom stereocenters. The molecule has 2 rings (SSSR count). The number of carbonyl (C=O) groups is 1. The number of allylic oxidation sites excluding steroid dienone is 2. The summed E-state index contributed by atoms with van der Waals surface area (Å²) in [4.78, 5) is 11.4. The Morgan fingerprint density at radius 1 is 1.25 bits per heavy atom. The van der Waals surface area contributed by atoms with Crippen LogP contribution in [0.2, 0.25) is 0 Å². The number of hydrogen-bond acceptors (Lipinski definition) is 2. The molecule has 2 aliphatic rings. The molecule has 0 aromatic rings. The Morgan fingerprint density at radius 3 is 2.67 bits per heavy atom. The molecule has 1 saturated heterocycles. The fourth-order valence-electron chi connectivity index (χ4n) is 2.13. The van der Waals surface area contributed by atoms with Crippen LogP contribution in [0.3, 0.4) is 0 Å². The van der Waals surface area contributed by atoms with Gasteiger partial charge in [-0.25, -0.2) is 0 Å². The monoisotopic (exact) mass is 182 g/mol. The second-order valence-corrected chi connectivity index (χ2v) is 4.99. The Morgan fingerprint density at radius 2 is 1.92 bits per heavy atom. The normalized spacial score (nSPS) is 35.7. The van der Waals surface area contributed by atoms with Crippen LogP contribution in [0.1, 0.15) is 26.7 Å². The Hall–Kier alpha value is -0.240. The van der Waals surface area contributed by atoms with Gasteiger partial charge in [-0.1, -0.05) is 22.9 Å². The first-order chi connectivity index (χ1) is 5.68. The number of fused-ring (bicyclic) bond motifs is 1. The van der Waals surface area contributed by atoms with Crippen molar-refractivity contribution in [3.63, 3.8) is 0 Å². The first-order valence-corrected chi connectivity index (χ1v) is 5.49. The van der Waals surface area contributed by atoms with Gasteiger partial charge in [-0.3, -0.25) is 4.79 Å². The lowest BCUT2D eigenvalue weighted by molar-refractivity contribution is -0.114. The van der Waals surface area contributed by atoms with Crippen molar-refractivity contribution in [2.24, 2.45) is 11.8 Å². The average molecular weight is 182 g/mol. The summed E-state index contributed by atoms with van der Waals surface area (Å²) in [5.41, 5.74) is 2.97. The van der Waals surface area contributed by atoms with Crippen LogP contribution in [0.25, 0.3) is 0 Å². The Balaban J connectivity index is 2.22. The van der Waals surface area contributed by atoms with Crippen LogP contribution in [0.15, 0.2) is 11.1 Å². The SMILES string of the molecule is CC1=C(C)CC2C(=O)SCC2C1. The number of rotatable bonds is 0. The van der Waals surface area contributed by atoms with Crippen LogP contribution in [0, 0.1) is 11.8 Å². The van der Waals surface area contributed by atoms with Crippen LogP contribution in [-0.4, -0.2) is 10.9 Å². The largest absolute Gasteiger partial charge is 0.287 e. The fourth-order valence-corrected chi connectivity index (χ4v) is 3.35. The van der Waals surface area contributed by atoms with Gasteiger partial charge in [0.25, 0.3) is 0 Å². The van der Waals surface area contributed by atoms with Crippen LogP contribution in [0.5, 0.6) is 0 Å². The summed E-state index contributed by atoms with van der Waals surface area (Å²) in [6.45, 7) is 4.38. The first kappa shape index (κ1) is 8.36. The predicted octanol–water partition coefficient (Wildman–Crippen LogP) is 2.62. The maximum atomic E-state index is 11.4. The van der Waals surface area contributed by atoms with E-state index in [0.717, 1.165) is 18.6 Å². The van der Waals surface area contributed by atoms with Crippen molar-refractivity contribution in [1.29, 1.82) is 0 Å². The van der Waals surface area contributed by atoms with Gasteiger partial charge >= 0.3 is 0 Å². The number of hydrogen-bond donors (Lipinski definition) is 0. The molecule has 12 heavy (non-hydrogen) atoms. The molecule has 0 bridgehead atoms. The minimum Gasteiger partial charge on any atom is -0.287 e. The van der Waals surface area contributed by atoms with Gasteiger partial charge in [0.15, 0.2) is 5.12 Å². The van der Waals surface area contributed by atoms with Crippen LogP contribution < -0.4 is 0 Å². The van der Waals surface area contributed by atoms with E-state index in [0.29, 0.717) is 17.0 Å². The molecule has 0 N–H and O–H groups in total. The number of thioether (sulfide) groups is 1. The van der Waals surface area contributed by atoms with E-state index in [1.54, 1.807) is 11.8 Å². The van der Waals surface area contributed by atoms with Gasteiger partial charge in [-0.2, -0.15) is 0 Å². The molecule has 66 valence electrons. The second-order valence-electron chi connectivity index (χ2n) is 3.97. The van der Waals surface area contributed by atoms with Gasteiger partial charge in [0.05, 0.1) is 0 Å². The van der Waals surface area contributed by atoms with Gasteiger partial charge in [-0.05, 0) is 32.6 Å². The first-order valence-electron chi connectivity index (χ1n) is 4.50. The van der Waals surface area contributed by atoms with Crippen LogP contribution in [-0.2, 0) is 4.79 Å². The topological polar surface area (TPSA) is 17.1 Å². The van der Waals surface area contributed by atoms with Crippen molar-refractivity contribution < 1.29 is 4.79 Å². The summed E-state index contributed by atoms with van der Waals surface area (Å²) in [6, 6.07) is 0. The van der Waals surface area contributed by atoms with Crippen molar-refractivity contribution in [2.75, 3.05) is 5.75 Å². The molecule has 1 aliphatic carbocycles. The zero-order valence-corrected chi connectivity index (χ0v) is 8.41. The molecule has 0 radical (unpaired) electrons. The molecule has 0 aromatic heterocycles. The summed E-state index contributed by atoms with van der Waals surface area (Å²) in [6.07, 6.45) is 2.19. The third kappa shape index (κ3) is 1.22. The predicted molar refractivity (Wildman–Crippen MR) is 52.1 cm³/mol. The zero-order valence-electron chi connectivity index (χ0n) is 7.59. The van der Waals surface area contributed by atoms with E-state index in [4.69, 9.17) is 0 Å². The van der Waals surface area contributed by atoms with Crippen molar-refractivity contribution in [3.8, 4) is 0 Å². The van der Waals surface area contributed by atoms with E-state index >= 15 is 0 Å². The molecule has 0 saturated carbocycles. The minimum atomic E-state index is 0.360. The Labute approximate surface area is 77.6 Å². The quantitative estimate of drug-likeness (QED) is 0.536. The molecule has 0 amide bonds. The minimum absolute atomic E-state index is 0.360. The Bertz CT molecular complexity index is 255. The van der Waals surface area contributed by atoms with E-state index in [9.17, 15) is 4.79 Å². The second kappa shape index (κ2) is 2.91. The molecular formula is C10H14OS. The van der Waals surface area contributed by atoms with E-state index < -0.39 is 0 Å². The lowest BCUT2D eigenvalue weighted by Gasteiger charge is -2.25. The highest BCUT2D eigenvalue weighted by Crippen LogP contribution is 2.43. The van der Waals surface area contributed by atoms with Crippen molar-refractivity contribution in [3.05, 3.63) is 11.1 Å². The lowest BCUT2D eigenvalue weighted by atomic mass is 9.78. The molecule has 0 spiro atoms. The van der Waals surface area contributed by atoms with Gasteiger partial charge in [0, 0.05) is 11.7 Å². The molecule has 1 aliphatic heterocycles. The fraction of sp³-hybridized carbons (Fsp3) is 0.700. The van der Waals surface area contributed by atoms with Crippen LogP contribution in [0.4, 0.5) is 0 Å². The molecule has 1 fully saturated rings. The summed E-state index contributed by atoms with van der Waals surface area (Å²) < 4.78 is 0. The van der Waals surface area contributed by atoms with E-state index in [-0.39, 0.29) is 0 Å². The maximum absolute atomic E-state index is 11.4. The molecule has 1 heterocycles. The highest BCUT2D eigenvalue weighted by Gasteiger charge is 2.37. The standard InChI is InChI=1S/C10H14OS/c1-6-3-8-5-12-10(11)9(8)4-7(6)2/h8-9H,3-5H2,1-2H3. The average Bonchev–Trinajstić information content (AvgIpc) is 2.35.